The molecule has 1 aromatic heterocycles. The topological polar surface area (TPSA) is 140 Å². The van der Waals surface area contributed by atoms with E-state index in [0.29, 0.717) is 24.2 Å². The number of aromatic nitrogens is 1. The quantitative estimate of drug-likeness (QED) is 0.404. The van der Waals surface area contributed by atoms with E-state index < -0.39 is 37.6 Å². The Hall–Kier alpha value is -3.07. The molecule has 0 spiro atoms. The van der Waals surface area contributed by atoms with Crippen molar-refractivity contribution < 1.29 is 18.5 Å². The van der Waals surface area contributed by atoms with Gasteiger partial charge in [-0.15, -0.1) is 0 Å². The van der Waals surface area contributed by atoms with E-state index in [1.54, 1.807) is 32.9 Å². The molecule has 0 aliphatic carbocycles. The predicted molar refractivity (Wildman–Crippen MR) is 130 cm³/mol. The van der Waals surface area contributed by atoms with E-state index in [4.69, 9.17) is 16.9 Å². The fraction of sp³-hybridized carbons (Fsp3) is 0.364. The third-order valence-corrected chi connectivity index (χ3v) is 11.0. The monoisotopic (exact) mass is 506 g/mol. The summed E-state index contributed by atoms with van der Waals surface area (Å²) in [7, 11) is -3.28. The van der Waals surface area contributed by atoms with Crippen molar-refractivity contribution in [2.45, 2.75) is 42.7 Å². The van der Waals surface area contributed by atoms with E-state index in [1.807, 2.05) is 6.07 Å². The minimum atomic E-state index is -3.28. The van der Waals surface area contributed by atoms with E-state index in [1.165, 1.54) is 18.2 Å². The van der Waals surface area contributed by atoms with Gasteiger partial charge in [0, 0.05) is 6.54 Å². The molecule has 0 bridgehead atoms. The first-order chi connectivity index (χ1) is 15.9. The number of nitrogens with one attached hydrogen (secondary N) is 3. The first-order valence-corrected chi connectivity index (χ1v) is 12.7. The standard InChI is InChI=1S/C22H24ClFN6O3S/c1-21(2)19(29-20(31)32)30-22(3,16-8-9-26-34(16,21)33)18-14(24)5-7-17(28-18)27-15-6-4-12(11-25)10-13(15)23/h4-7,10,16,34H,8-9H2,1-3H3,(H,26,33)(H,27,28)(H,29,30)(H,31,32)/t16-,22-/m0/s1. The Labute approximate surface area is 202 Å². The first-order valence-electron chi connectivity index (χ1n) is 10.5. The van der Waals surface area contributed by atoms with Gasteiger partial charge in [0.2, 0.25) is 0 Å². The summed E-state index contributed by atoms with van der Waals surface area (Å²) in [6, 6.07) is 9.33. The van der Waals surface area contributed by atoms with Crippen molar-refractivity contribution in [2.24, 2.45) is 4.99 Å². The summed E-state index contributed by atoms with van der Waals surface area (Å²) in [5.41, 5.74) is -0.609. The number of hydrogen-bond donors (Lipinski definition) is 5. The number of pyridine rings is 1. The summed E-state index contributed by atoms with van der Waals surface area (Å²) < 4.78 is 31.4. The van der Waals surface area contributed by atoms with Gasteiger partial charge in [-0.25, -0.2) is 14.2 Å². The molecule has 2 aromatic rings. The van der Waals surface area contributed by atoms with Crippen molar-refractivity contribution in [2.75, 3.05) is 11.9 Å². The van der Waals surface area contributed by atoms with Gasteiger partial charge in [0.05, 0.1) is 32.3 Å². The lowest BCUT2D eigenvalue weighted by molar-refractivity contribution is 0.199. The fourth-order valence-corrected chi connectivity index (χ4v) is 8.55. The van der Waals surface area contributed by atoms with Crippen LogP contribution in [0.5, 0.6) is 0 Å². The number of halogens is 2. The molecule has 180 valence electrons. The average Bonchev–Trinajstić information content (AvgIpc) is 3.19. The molecule has 0 unspecified atom stereocenters. The highest BCUT2D eigenvalue weighted by atomic mass is 35.5. The van der Waals surface area contributed by atoms with Gasteiger partial charge >= 0.3 is 6.09 Å². The number of nitriles is 1. The van der Waals surface area contributed by atoms with E-state index in [9.17, 15) is 14.1 Å². The molecular weight excluding hydrogens is 483 g/mol. The fourth-order valence-electron chi connectivity index (χ4n) is 4.67. The number of benzene rings is 1. The van der Waals surface area contributed by atoms with E-state index >= 15 is 4.39 Å². The summed E-state index contributed by atoms with van der Waals surface area (Å²) in [4.78, 5) is 20.6. The highest BCUT2D eigenvalue weighted by Gasteiger charge is 2.59. The number of anilines is 2. The summed E-state index contributed by atoms with van der Waals surface area (Å²) in [5, 5.41) is 23.4. The van der Waals surface area contributed by atoms with Crippen LogP contribution in [0.3, 0.4) is 0 Å². The maximum Gasteiger partial charge on any atom is 0.410 e. The molecule has 0 radical (unpaired) electrons. The molecule has 4 N–H and O–H groups in total. The number of aliphatic imine (C=N–C) groups is 1. The number of amidine groups is 1. The van der Waals surface area contributed by atoms with Crippen LogP contribution in [0, 0.1) is 17.1 Å². The van der Waals surface area contributed by atoms with Crippen LogP contribution in [0.2, 0.25) is 5.02 Å². The number of fused-ring (bicyclic) bond motifs is 1. The average molecular weight is 507 g/mol. The number of thiol groups is 1. The summed E-state index contributed by atoms with van der Waals surface area (Å²) in [6.45, 7) is 5.39. The van der Waals surface area contributed by atoms with Gasteiger partial charge < -0.3 is 10.4 Å². The van der Waals surface area contributed by atoms with Crippen LogP contribution in [-0.4, -0.2) is 42.8 Å². The molecule has 3 heterocycles. The number of carbonyl (C=O) groups is 1. The van der Waals surface area contributed by atoms with Crippen LogP contribution in [0.4, 0.5) is 20.7 Å². The molecule has 2 aliphatic heterocycles. The Bertz CT molecular complexity index is 1310. The summed E-state index contributed by atoms with van der Waals surface area (Å²) >= 11 is 6.25. The Morgan fingerprint density at radius 1 is 1.35 bits per heavy atom. The van der Waals surface area contributed by atoms with Crippen molar-refractivity contribution in [1.29, 1.82) is 5.26 Å². The number of rotatable bonds is 3. The normalized spacial score (nSPS) is 25.4. The van der Waals surface area contributed by atoms with Gasteiger partial charge in [0.1, 0.15) is 28.7 Å². The molecule has 1 amide bonds. The number of hydrogen-bond acceptors (Lipinski definition) is 6. The maximum atomic E-state index is 15.2. The van der Waals surface area contributed by atoms with Crippen molar-refractivity contribution in [3.05, 3.63) is 52.4 Å². The maximum absolute atomic E-state index is 15.2. The van der Waals surface area contributed by atoms with Crippen molar-refractivity contribution >= 4 is 45.2 Å². The second-order valence-corrected chi connectivity index (χ2v) is 12.7. The zero-order chi connectivity index (χ0) is 24.9. The molecule has 12 heteroatoms. The minimum Gasteiger partial charge on any atom is -0.465 e. The zero-order valence-electron chi connectivity index (χ0n) is 18.7. The molecule has 34 heavy (non-hydrogen) atoms. The molecular formula is C22H24ClFN6O3S. The summed E-state index contributed by atoms with van der Waals surface area (Å²) in [6.07, 6.45) is -0.890. The van der Waals surface area contributed by atoms with Crippen LogP contribution in [0.15, 0.2) is 35.3 Å². The lowest BCUT2D eigenvalue weighted by Gasteiger charge is -2.50. The first kappa shape index (κ1) is 24.1. The number of carboxylic acid groups (broad SMARTS) is 1. The van der Waals surface area contributed by atoms with Gasteiger partial charge in [-0.3, -0.25) is 19.2 Å². The second kappa shape index (κ2) is 8.30. The molecule has 4 rings (SSSR count). The minimum absolute atomic E-state index is 0.00816. The van der Waals surface area contributed by atoms with E-state index in [2.05, 4.69) is 25.3 Å². The van der Waals surface area contributed by atoms with Crippen LogP contribution in [0.1, 0.15) is 38.4 Å². The molecule has 1 aromatic carbocycles. The zero-order valence-corrected chi connectivity index (χ0v) is 20.3. The molecule has 0 saturated carbocycles. The summed E-state index contributed by atoms with van der Waals surface area (Å²) in [5.74, 6) is -0.403. The highest BCUT2D eigenvalue weighted by Crippen LogP contribution is 2.49. The van der Waals surface area contributed by atoms with Crippen LogP contribution in [-0.2, 0) is 15.7 Å². The van der Waals surface area contributed by atoms with Gasteiger partial charge in [-0.05, 0) is 67.6 Å². The molecule has 2 atom stereocenters. The van der Waals surface area contributed by atoms with Gasteiger partial charge in [-0.1, -0.05) is 11.6 Å². The van der Waals surface area contributed by atoms with Gasteiger partial charge in [0.25, 0.3) is 0 Å². The number of nitrogens with zero attached hydrogens (tertiary/aromatic N) is 3. The van der Waals surface area contributed by atoms with E-state index in [0.717, 1.165) is 0 Å². The molecule has 2 aliphatic rings. The molecule has 1 saturated heterocycles. The van der Waals surface area contributed by atoms with Crippen molar-refractivity contribution in [1.82, 2.24) is 15.0 Å². The highest BCUT2D eigenvalue weighted by molar-refractivity contribution is 8.04. The Morgan fingerprint density at radius 3 is 2.74 bits per heavy atom. The SMILES string of the molecule is CC1(C)C(NC(=O)O)=N[C@](C)(c2nc(Nc3ccc(C#N)cc3Cl)ccc2F)[C@@H]2CCN[SH]21=O. The van der Waals surface area contributed by atoms with Gasteiger partial charge in [0.15, 0.2) is 0 Å². The van der Waals surface area contributed by atoms with Crippen LogP contribution >= 0.6 is 11.6 Å². The molecule has 9 nitrogen and oxygen atoms in total. The Balaban J connectivity index is 1.83. The lowest BCUT2D eigenvalue weighted by atomic mass is 9.89. The van der Waals surface area contributed by atoms with E-state index in [-0.39, 0.29) is 22.4 Å². The lowest BCUT2D eigenvalue weighted by Crippen LogP contribution is -2.66. The van der Waals surface area contributed by atoms with Crippen molar-refractivity contribution in [3.8, 4) is 6.07 Å². The van der Waals surface area contributed by atoms with Crippen molar-refractivity contribution in [3.63, 3.8) is 0 Å². The largest absolute Gasteiger partial charge is 0.465 e. The predicted octanol–water partition coefficient (Wildman–Crippen LogP) is 3.46. The second-order valence-electron chi connectivity index (χ2n) is 8.93. The third kappa shape index (κ3) is 3.72. The Morgan fingerprint density at radius 2 is 2.09 bits per heavy atom. The molecule has 1 fully saturated rings. The van der Waals surface area contributed by atoms with Crippen LogP contribution in [0.25, 0.3) is 0 Å². The van der Waals surface area contributed by atoms with Crippen LogP contribution < -0.4 is 15.4 Å². The number of amides is 1. The van der Waals surface area contributed by atoms with Gasteiger partial charge in [-0.2, -0.15) is 5.26 Å². The Kier molecular flexibility index (Phi) is 5.88. The third-order valence-electron chi connectivity index (χ3n) is 6.52. The smallest absolute Gasteiger partial charge is 0.410 e.